The van der Waals surface area contributed by atoms with Crippen molar-refractivity contribution in [3.63, 3.8) is 0 Å². The number of nitrogens with two attached hydrogens (primary N) is 1. The number of hydrogen-bond donors (Lipinski definition) is 1. The quantitative estimate of drug-likeness (QED) is 0.831. The number of benzene rings is 1. The van der Waals surface area contributed by atoms with Crippen LogP contribution in [0.5, 0.6) is 0 Å². The van der Waals surface area contributed by atoms with Crippen molar-refractivity contribution in [1.29, 1.82) is 0 Å². The van der Waals surface area contributed by atoms with Crippen LogP contribution in [0.25, 0.3) is 0 Å². The fourth-order valence-electron chi connectivity index (χ4n) is 1.58. The Labute approximate surface area is 95.4 Å². The second-order valence-corrected chi connectivity index (χ2v) is 3.93. The molecule has 1 heterocycles. The number of nitrogens with zero attached hydrogens (tertiary/aromatic N) is 2. The minimum Gasteiger partial charge on any atom is -0.318 e. The summed E-state index contributed by atoms with van der Waals surface area (Å²) in [6.07, 6.45) is 3.42. The Balaban J connectivity index is 2.34. The van der Waals surface area contributed by atoms with Gasteiger partial charge in [0.05, 0.1) is 6.04 Å². The highest BCUT2D eigenvalue weighted by molar-refractivity contribution is 5.33. The first-order valence-corrected chi connectivity index (χ1v) is 5.28. The van der Waals surface area contributed by atoms with E-state index in [1.54, 1.807) is 18.5 Å². The molecule has 1 aromatic carbocycles. The van der Waals surface area contributed by atoms with E-state index in [1.165, 1.54) is 11.1 Å². The van der Waals surface area contributed by atoms with E-state index in [4.69, 9.17) is 5.73 Å². The number of rotatable bonds is 2. The van der Waals surface area contributed by atoms with Gasteiger partial charge in [-0.05, 0) is 36.6 Å². The van der Waals surface area contributed by atoms with Crippen molar-refractivity contribution in [2.24, 2.45) is 5.73 Å². The lowest BCUT2D eigenvalue weighted by Crippen LogP contribution is -2.15. The molecule has 0 amide bonds. The van der Waals surface area contributed by atoms with Crippen molar-refractivity contribution in [2.75, 3.05) is 0 Å². The molecule has 0 bridgehead atoms. The minimum absolute atomic E-state index is 0.250. The summed E-state index contributed by atoms with van der Waals surface area (Å²) in [5, 5.41) is 0. The molecule has 16 heavy (non-hydrogen) atoms. The van der Waals surface area contributed by atoms with Gasteiger partial charge in [0, 0.05) is 12.4 Å². The molecule has 1 unspecified atom stereocenters. The van der Waals surface area contributed by atoms with Crippen molar-refractivity contribution < 1.29 is 0 Å². The summed E-state index contributed by atoms with van der Waals surface area (Å²) in [5.41, 5.74) is 9.67. The Bertz CT molecular complexity index is 480. The maximum Gasteiger partial charge on any atom is 0.149 e. The van der Waals surface area contributed by atoms with E-state index in [-0.39, 0.29) is 6.04 Å². The topological polar surface area (TPSA) is 51.8 Å². The van der Waals surface area contributed by atoms with E-state index in [0.717, 1.165) is 5.56 Å². The van der Waals surface area contributed by atoms with Gasteiger partial charge in [-0.1, -0.05) is 18.2 Å². The van der Waals surface area contributed by atoms with Crippen LogP contribution < -0.4 is 5.73 Å². The minimum atomic E-state index is -0.250. The van der Waals surface area contributed by atoms with E-state index in [9.17, 15) is 0 Å². The molecule has 3 heteroatoms. The summed E-state index contributed by atoms with van der Waals surface area (Å²) in [4.78, 5) is 8.34. The molecule has 0 aliphatic rings. The Morgan fingerprint density at radius 1 is 1.06 bits per heavy atom. The van der Waals surface area contributed by atoms with Crippen molar-refractivity contribution >= 4 is 0 Å². The highest BCUT2D eigenvalue weighted by atomic mass is 14.9. The summed E-state index contributed by atoms with van der Waals surface area (Å²) in [5.74, 6) is 0.658. The van der Waals surface area contributed by atoms with Gasteiger partial charge >= 0.3 is 0 Å². The maximum absolute atomic E-state index is 6.11. The lowest BCUT2D eigenvalue weighted by molar-refractivity contribution is 0.779. The maximum atomic E-state index is 6.11. The molecule has 0 saturated carbocycles. The third-order valence-electron chi connectivity index (χ3n) is 2.75. The molecule has 0 saturated heterocycles. The second-order valence-electron chi connectivity index (χ2n) is 3.93. The fourth-order valence-corrected chi connectivity index (χ4v) is 1.58. The Hall–Kier alpha value is -1.74. The molecule has 2 rings (SSSR count). The third-order valence-corrected chi connectivity index (χ3v) is 2.75. The lowest BCUT2D eigenvalue weighted by atomic mass is 10.0. The van der Waals surface area contributed by atoms with E-state index in [0.29, 0.717) is 5.82 Å². The van der Waals surface area contributed by atoms with Gasteiger partial charge in [-0.25, -0.2) is 9.97 Å². The van der Waals surface area contributed by atoms with Crippen molar-refractivity contribution in [3.8, 4) is 0 Å². The summed E-state index contributed by atoms with van der Waals surface area (Å²) >= 11 is 0. The zero-order valence-electron chi connectivity index (χ0n) is 9.51. The smallest absolute Gasteiger partial charge is 0.149 e. The Kier molecular flexibility index (Phi) is 2.97. The van der Waals surface area contributed by atoms with Crippen LogP contribution in [0.4, 0.5) is 0 Å². The summed E-state index contributed by atoms with van der Waals surface area (Å²) in [6, 6.07) is 7.74. The average molecular weight is 213 g/mol. The van der Waals surface area contributed by atoms with E-state index in [1.807, 2.05) is 6.07 Å². The standard InChI is InChI=1S/C13H15N3/c1-9-4-5-11(8-10(9)2)12(14)13-15-6-3-7-16-13/h3-8,12H,14H2,1-2H3. The third kappa shape index (κ3) is 2.09. The molecule has 0 aliphatic heterocycles. The first-order valence-electron chi connectivity index (χ1n) is 5.28. The molecule has 1 aromatic heterocycles. The predicted octanol–water partition coefficient (Wildman–Crippen LogP) is 2.14. The van der Waals surface area contributed by atoms with Gasteiger partial charge in [0.25, 0.3) is 0 Å². The van der Waals surface area contributed by atoms with Gasteiger partial charge in [0.15, 0.2) is 0 Å². The highest BCUT2D eigenvalue weighted by Gasteiger charge is 2.11. The zero-order chi connectivity index (χ0) is 11.5. The van der Waals surface area contributed by atoms with E-state index < -0.39 is 0 Å². The molecular formula is C13H15N3. The molecule has 3 nitrogen and oxygen atoms in total. The lowest BCUT2D eigenvalue weighted by Gasteiger charge is -2.11. The number of hydrogen-bond acceptors (Lipinski definition) is 3. The summed E-state index contributed by atoms with van der Waals surface area (Å²) < 4.78 is 0. The van der Waals surface area contributed by atoms with Gasteiger partial charge in [0.1, 0.15) is 5.82 Å². The van der Waals surface area contributed by atoms with Crippen molar-refractivity contribution in [2.45, 2.75) is 19.9 Å². The number of aromatic nitrogens is 2. The van der Waals surface area contributed by atoms with Gasteiger partial charge < -0.3 is 5.73 Å². The van der Waals surface area contributed by atoms with Gasteiger partial charge in [0.2, 0.25) is 0 Å². The van der Waals surface area contributed by atoms with Crippen LogP contribution in [0.1, 0.15) is 28.6 Å². The number of aryl methyl sites for hydroxylation is 2. The molecule has 0 radical (unpaired) electrons. The van der Waals surface area contributed by atoms with Gasteiger partial charge in [-0.3, -0.25) is 0 Å². The first-order chi connectivity index (χ1) is 7.68. The van der Waals surface area contributed by atoms with Crippen LogP contribution in [0.3, 0.4) is 0 Å². The van der Waals surface area contributed by atoms with Crippen LogP contribution in [0.15, 0.2) is 36.7 Å². The van der Waals surface area contributed by atoms with Crippen molar-refractivity contribution in [3.05, 3.63) is 59.2 Å². The van der Waals surface area contributed by atoms with E-state index >= 15 is 0 Å². The predicted molar refractivity (Wildman–Crippen MR) is 64.0 cm³/mol. The molecule has 0 fully saturated rings. The van der Waals surface area contributed by atoms with Gasteiger partial charge in [-0.15, -0.1) is 0 Å². The molecule has 2 aromatic rings. The Morgan fingerprint density at radius 2 is 1.75 bits per heavy atom. The monoisotopic (exact) mass is 213 g/mol. The summed E-state index contributed by atoms with van der Waals surface area (Å²) in [6.45, 7) is 4.17. The van der Waals surface area contributed by atoms with Crippen molar-refractivity contribution in [1.82, 2.24) is 9.97 Å². The molecule has 82 valence electrons. The molecule has 2 N–H and O–H groups in total. The second kappa shape index (κ2) is 4.41. The van der Waals surface area contributed by atoms with Crippen LogP contribution in [-0.2, 0) is 0 Å². The van der Waals surface area contributed by atoms with E-state index in [2.05, 4.69) is 35.9 Å². The molecule has 0 spiro atoms. The summed E-state index contributed by atoms with van der Waals surface area (Å²) in [7, 11) is 0. The fraction of sp³-hybridized carbons (Fsp3) is 0.231. The molecular weight excluding hydrogens is 198 g/mol. The van der Waals surface area contributed by atoms with Crippen LogP contribution in [-0.4, -0.2) is 9.97 Å². The van der Waals surface area contributed by atoms with Crippen LogP contribution >= 0.6 is 0 Å². The largest absolute Gasteiger partial charge is 0.318 e. The van der Waals surface area contributed by atoms with Crippen LogP contribution in [0, 0.1) is 13.8 Å². The molecule has 0 aliphatic carbocycles. The van der Waals surface area contributed by atoms with Gasteiger partial charge in [-0.2, -0.15) is 0 Å². The molecule has 1 atom stereocenters. The first kappa shape index (κ1) is 10.8. The highest BCUT2D eigenvalue weighted by Crippen LogP contribution is 2.18. The normalized spacial score (nSPS) is 12.4. The zero-order valence-corrected chi connectivity index (χ0v) is 9.51. The Morgan fingerprint density at radius 3 is 2.38 bits per heavy atom. The van der Waals surface area contributed by atoms with Crippen LogP contribution in [0.2, 0.25) is 0 Å². The SMILES string of the molecule is Cc1ccc(C(N)c2ncccn2)cc1C. The average Bonchev–Trinajstić information content (AvgIpc) is 2.33.